The van der Waals surface area contributed by atoms with Crippen LogP contribution in [0.25, 0.3) is 0 Å². The van der Waals surface area contributed by atoms with Gasteiger partial charge in [0.25, 0.3) is 0 Å². The number of phosphoric ester groups is 1. The lowest BCUT2D eigenvalue weighted by Crippen LogP contribution is -2.45. The number of thioether (sulfide) groups is 1. The molecule has 1 aromatic heterocycles. The maximum Gasteiger partial charge on any atom is 0.490 e. The van der Waals surface area contributed by atoms with Crippen molar-refractivity contribution in [2.75, 3.05) is 23.8 Å². The number of hydrogen-bond acceptors (Lipinski definition) is 15. The van der Waals surface area contributed by atoms with E-state index < -0.39 is 77.9 Å². The Bertz CT molecular complexity index is 1570. The van der Waals surface area contributed by atoms with Crippen LogP contribution >= 0.6 is 35.2 Å². The minimum atomic E-state index is -5.75. The Hall–Kier alpha value is -2.34. The number of aliphatic hydroxyl groups excluding tert-OH is 1. The Morgan fingerprint density at radius 3 is 2.46 bits per heavy atom. The first-order valence-electron chi connectivity index (χ1n) is 13.8. The first-order chi connectivity index (χ1) is 22.0. The van der Waals surface area contributed by atoms with Gasteiger partial charge in [-0.3, -0.25) is 9.09 Å². The highest BCUT2D eigenvalue weighted by Crippen LogP contribution is 2.66. The fourth-order valence-corrected chi connectivity index (χ4v) is 7.76. The Balaban J connectivity index is 1.89. The molecule has 1 aromatic rings. The Morgan fingerprint density at radius 1 is 1.19 bits per heavy atom. The minimum Gasteiger partial charge on any atom is -0.480 e. The van der Waals surface area contributed by atoms with Crippen LogP contribution in [0.3, 0.4) is 0 Å². The third kappa shape index (κ3) is 15.5. The van der Waals surface area contributed by atoms with Crippen molar-refractivity contribution in [3.05, 3.63) is 22.2 Å². The van der Waals surface area contributed by atoms with Gasteiger partial charge in [-0.2, -0.15) is 25.4 Å². The van der Waals surface area contributed by atoms with Crippen LogP contribution in [-0.2, 0) is 41.1 Å². The van der Waals surface area contributed by atoms with Gasteiger partial charge in [0, 0.05) is 24.8 Å². The number of aliphatic carboxylic acids is 1. The lowest BCUT2D eigenvalue weighted by atomic mass is 10.2. The molecule has 2 rings (SSSR count). The van der Waals surface area contributed by atoms with Crippen molar-refractivity contribution in [3.63, 3.8) is 0 Å². The zero-order valence-corrected chi connectivity index (χ0v) is 29.2. The van der Waals surface area contributed by atoms with E-state index in [0.29, 0.717) is 25.0 Å². The fraction of sp³-hybridized carbons (Fsp3) is 0.652. The van der Waals surface area contributed by atoms with Crippen LogP contribution in [0.15, 0.2) is 11.0 Å². The highest BCUT2D eigenvalue weighted by Gasteiger charge is 2.43. The number of phosphoric acid groups is 3. The van der Waals surface area contributed by atoms with Gasteiger partial charge in [0.2, 0.25) is 0 Å². The van der Waals surface area contributed by atoms with Crippen LogP contribution < -0.4 is 16.7 Å². The van der Waals surface area contributed by atoms with Gasteiger partial charge in [0.15, 0.2) is 0 Å². The summed E-state index contributed by atoms with van der Waals surface area (Å²) in [6.45, 7) is 4.05. The summed E-state index contributed by atoms with van der Waals surface area (Å²) < 4.78 is 57.5. The molecule has 0 bridgehead atoms. The molecule has 0 aliphatic carbocycles. The number of carboxylic acids is 1. The number of alkyl carbamates (subject to hydrolysis) is 1. The highest BCUT2D eigenvalue weighted by atomic mass is 32.2. The fourth-order valence-electron chi connectivity index (χ4n) is 3.69. The van der Waals surface area contributed by atoms with Gasteiger partial charge < -0.3 is 50.3 Å². The second-order valence-electron chi connectivity index (χ2n) is 10.9. The predicted octanol–water partition coefficient (Wildman–Crippen LogP) is 1.05. The largest absolute Gasteiger partial charge is 0.490 e. The number of aliphatic hydroxyl groups is 1. The van der Waals surface area contributed by atoms with Crippen molar-refractivity contribution >= 4 is 53.1 Å². The van der Waals surface area contributed by atoms with Crippen molar-refractivity contribution in [1.82, 2.24) is 14.9 Å². The standard InChI is InChI=1S/C23H37N4O17P3S/c1-23(2,3)42-22(32)25-15(20(29)30)13-48-9-7-5-4-6-8-14-11-27(21(31)26-19(14)24)18-10-16(28)17(41-18)12-40-46(36,37)44-47(38,39)43-45(33,34)35/h11,15-18,28H,4-5,7,9-10,12-13H2,1-3H3,(H,25,32)(H,29,30)(H,36,37)(H,38,39)(H2,24,26,31)(H2,33,34,35)/t15?,16-,17-,18-/m1/s1. The summed E-state index contributed by atoms with van der Waals surface area (Å²) in [5.74, 6) is 5.01. The lowest BCUT2D eigenvalue weighted by Gasteiger charge is -2.21. The number of unbranched alkanes of at least 4 members (excludes halogenated alkanes) is 2. The normalized spacial score (nSPS) is 21.3. The number of nitrogen functional groups attached to an aromatic ring is 1. The van der Waals surface area contributed by atoms with Crippen LogP contribution in [0.4, 0.5) is 10.6 Å². The van der Waals surface area contributed by atoms with E-state index in [1.807, 2.05) is 0 Å². The van der Waals surface area contributed by atoms with Gasteiger partial charge in [0.05, 0.1) is 18.3 Å². The number of carboxylic acid groups (broad SMARTS) is 1. The summed E-state index contributed by atoms with van der Waals surface area (Å²) in [6, 6.07) is -1.13. The Labute approximate surface area is 277 Å². The third-order valence-corrected chi connectivity index (χ3v) is 10.6. The van der Waals surface area contributed by atoms with Crippen LogP contribution in [0.1, 0.15) is 58.2 Å². The summed E-state index contributed by atoms with van der Waals surface area (Å²) in [7, 11) is -16.8. The first-order valence-corrected chi connectivity index (χ1v) is 19.4. The summed E-state index contributed by atoms with van der Waals surface area (Å²) in [5.41, 5.74) is 4.33. The second-order valence-corrected chi connectivity index (χ2v) is 16.5. The molecule has 0 spiro atoms. The van der Waals surface area contributed by atoms with Gasteiger partial charge >= 0.3 is 41.2 Å². The van der Waals surface area contributed by atoms with E-state index in [1.165, 1.54) is 18.0 Å². The zero-order chi connectivity index (χ0) is 36.5. The van der Waals surface area contributed by atoms with E-state index in [2.05, 4.69) is 35.3 Å². The van der Waals surface area contributed by atoms with E-state index in [9.17, 15) is 48.1 Å². The lowest BCUT2D eigenvalue weighted by molar-refractivity contribution is -0.138. The Morgan fingerprint density at radius 2 is 1.85 bits per heavy atom. The molecule has 272 valence electrons. The van der Waals surface area contributed by atoms with Crippen LogP contribution in [0, 0.1) is 11.8 Å². The third-order valence-electron chi connectivity index (χ3n) is 5.65. The molecule has 0 radical (unpaired) electrons. The maximum atomic E-state index is 12.5. The molecule has 0 saturated carbocycles. The number of nitrogens with zero attached hydrogens (tertiary/aromatic N) is 2. The van der Waals surface area contributed by atoms with Gasteiger partial charge in [0.1, 0.15) is 29.8 Å². The average molecular weight is 767 g/mol. The number of aromatic nitrogens is 2. The predicted molar refractivity (Wildman–Crippen MR) is 166 cm³/mol. The SMILES string of the molecule is CC(C)(C)OC(=O)NC(CSCCCCC#Cc1cn([C@H]2C[C@@H](O)[C@@H](COP(=O)(O)OP(=O)(O)OP(=O)(O)O)O2)c(=O)nc1N)C(=O)O. The topological polar surface area (TPSA) is 326 Å². The van der Waals surface area contributed by atoms with Crippen LogP contribution in [0.2, 0.25) is 0 Å². The maximum absolute atomic E-state index is 12.5. The zero-order valence-electron chi connectivity index (χ0n) is 25.7. The molecule has 1 aliphatic heterocycles. The second kappa shape index (κ2) is 17.5. The van der Waals surface area contributed by atoms with Crippen LogP contribution in [-0.4, -0.2) is 93.4 Å². The molecule has 21 nitrogen and oxygen atoms in total. The van der Waals surface area contributed by atoms with Gasteiger partial charge in [-0.05, 0) is 39.4 Å². The number of rotatable bonds is 16. The number of carbonyl (C=O) groups is 2. The molecule has 1 saturated heterocycles. The van der Waals surface area contributed by atoms with Gasteiger partial charge in [-0.1, -0.05) is 11.8 Å². The number of nitrogens with one attached hydrogen (secondary N) is 1. The van der Waals surface area contributed by atoms with E-state index in [0.717, 1.165) is 4.57 Å². The number of anilines is 1. The van der Waals surface area contributed by atoms with E-state index in [1.54, 1.807) is 20.8 Å². The van der Waals surface area contributed by atoms with Crippen molar-refractivity contribution in [1.29, 1.82) is 0 Å². The quantitative estimate of drug-likeness (QED) is 0.0662. The average Bonchev–Trinajstić information content (AvgIpc) is 3.26. The molecule has 0 aromatic carbocycles. The molecule has 9 N–H and O–H groups in total. The van der Waals surface area contributed by atoms with E-state index in [-0.39, 0.29) is 23.6 Å². The summed E-state index contributed by atoms with van der Waals surface area (Å²) in [6.07, 6.45) is -2.08. The number of nitrogens with two attached hydrogens (primary N) is 1. The van der Waals surface area contributed by atoms with E-state index >= 15 is 0 Å². The molecule has 6 atom stereocenters. The molecular formula is C23H37N4O17P3S. The molecular weight excluding hydrogens is 729 g/mol. The molecule has 1 aliphatic rings. The first kappa shape index (κ1) is 41.8. The summed E-state index contributed by atoms with van der Waals surface area (Å²) in [5, 5.41) is 22.0. The molecule has 25 heteroatoms. The van der Waals surface area contributed by atoms with Crippen molar-refractivity contribution in [2.24, 2.45) is 0 Å². The highest BCUT2D eigenvalue weighted by molar-refractivity contribution is 7.99. The molecule has 1 amide bonds. The minimum absolute atomic E-state index is 0.126. The smallest absolute Gasteiger partial charge is 0.480 e. The van der Waals surface area contributed by atoms with Crippen LogP contribution in [0.5, 0.6) is 0 Å². The molecule has 2 heterocycles. The van der Waals surface area contributed by atoms with Crippen molar-refractivity contribution in [3.8, 4) is 11.8 Å². The van der Waals surface area contributed by atoms with Gasteiger partial charge in [-0.25, -0.2) is 28.1 Å². The van der Waals surface area contributed by atoms with E-state index in [4.69, 9.17) is 25.0 Å². The molecule has 3 unspecified atom stereocenters. The van der Waals surface area contributed by atoms with Crippen molar-refractivity contribution < 1.29 is 75.7 Å². The number of ether oxygens (including phenoxy) is 2. The number of carbonyl (C=O) groups excluding carboxylic acids is 1. The Kier molecular flexibility index (Phi) is 15.3. The summed E-state index contributed by atoms with van der Waals surface area (Å²) >= 11 is 1.33. The number of amides is 1. The monoisotopic (exact) mass is 766 g/mol. The molecule has 48 heavy (non-hydrogen) atoms. The summed E-state index contributed by atoms with van der Waals surface area (Å²) in [4.78, 5) is 75.5. The number of hydrogen-bond donors (Lipinski definition) is 8. The van der Waals surface area contributed by atoms with Crippen molar-refractivity contribution in [2.45, 2.75) is 76.5 Å². The molecule has 1 fully saturated rings. The van der Waals surface area contributed by atoms with Gasteiger partial charge in [-0.15, -0.1) is 0 Å².